The Morgan fingerprint density at radius 1 is 0.564 bits per heavy atom. The highest BCUT2D eigenvalue weighted by Crippen LogP contribution is 2.37. The summed E-state index contributed by atoms with van der Waals surface area (Å²) >= 11 is 1.80. The molecule has 0 atom stereocenters. The summed E-state index contributed by atoms with van der Waals surface area (Å²) < 4.78 is 2.52. The van der Waals surface area contributed by atoms with Crippen LogP contribution in [0.5, 0.6) is 0 Å². The third kappa shape index (κ3) is 4.47. The summed E-state index contributed by atoms with van der Waals surface area (Å²) in [7, 11) is 0. The standard InChI is InChI=1S/C36H26N2S/c1-24-8-2-3-13-30(24)31-14-4-5-15-34(31)38-29-12-7-11-27(21-29)25-9-6-10-26(20-25)28-16-17-35-33(22-28)32-18-19-37-23-36(32)39-35/h2-23,38H,1H3. The second-order valence-corrected chi connectivity index (χ2v) is 10.9. The van der Waals surface area contributed by atoms with E-state index in [-0.39, 0.29) is 0 Å². The summed E-state index contributed by atoms with van der Waals surface area (Å²) in [4.78, 5) is 4.30. The maximum absolute atomic E-state index is 4.30. The predicted octanol–water partition coefficient (Wildman–Crippen LogP) is 10.5. The van der Waals surface area contributed by atoms with Gasteiger partial charge in [-0.15, -0.1) is 11.3 Å². The molecule has 2 aromatic heterocycles. The molecule has 0 saturated carbocycles. The minimum atomic E-state index is 1.07. The van der Waals surface area contributed by atoms with Crippen molar-refractivity contribution in [3.05, 3.63) is 139 Å². The van der Waals surface area contributed by atoms with Crippen LogP contribution in [-0.4, -0.2) is 4.98 Å². The van der Waals surface area contributed by atoms with Crippen molar-refractivity contribution < 1.29 is 0 Å². The Kier molecular flexibility index (Phi) is 5.92. The largest absolute Gasteiger partial charge is 0.355 e. The average molecular weight is 519 g/mol. The summed E-state index contributed by atoms with van der Waals surface area (Å²) in [5.74, 6) is 0. The van der Waals surface area contributed by atoms with Crippen LogP contribution in [0.1, 0.15) is 5.56 Å². The molecule has 0 fully saturated rings. The minimum absolute atomic E-state index is 1.07. The Morgan fingerprint density at radius 3 is 2.13 bits per heavy atom. The first-order valence-electron chi connectivity index (χ1n) is 13.1. The van der Waals surface area contributed by atoms with Crippen molar-refractivity contribution in [3.63, 3.8) is 0 Å². The first kappa shape index (κ1) is 23.4. The number of hydrogen-bond acceptors (Lipinski definition) is 3. The third-order valence-electron chi connectivity index (χ3n) is 7.31. The molecule has 0 aliphatic carbocycles. The molecular weight excluding hydrogens is 492 g/mol. The first-order chi connectivity index (χ1) is 19.2. The molecule has 1 N–H and O–H groups in total. The van der Waals surface area contributed by atoms with Gasteiger partial charge in [-0.3, -0.25) is 4.98 Å². The van der Waals surface area contributed by atoms with E-state index in [0.717, 1.165) is 11.4 Å². The molecular formula is C36H26N2S. The molecule has 0 radical (unpaired) electrons. The fourth-order valence-electron chi connectivity index (χ4n) is 5.32. The lowest BCUT2D eigenvalue weighted by atomic mass is 9.97. The molecule has 39 heavy (non-hydrogen) atoms. The van der Waals surface area contributed by atoms with Gasteiger partial charge in [0, 0.05) is 44.8 Å². The first-order valence-corrected chi connectivity index (χ1v) is 13.9. The van der Waals surface area contributed by atoms with Crippen molar-refractivity contribution in [1.82, 2.24) is 4.98 Å². The molecule has 0 spiro atoms. The van der Waals surface area contributed by atoms with E-state index >= 15 is 0 Å². The quantitative estimate of drug-likeness (QED) is 0.245. The lowest BCUT2D eigenvalue weighted by Gasteiger charge is -2.15. The molecule has 5 aromatic carbocycles. The van der Waals surface area contributed by atoms with E-state index in [4.69, 9.17) is 0 Å². The van der Waals surface area contributed by atoms with Crippen molar-refractivity contribution in [3.8, 4) is 33.4 Å². The van der Waals surface area contributed by atoms with Gasteiger partial charge in [0.2, 0.25) is 0 Å². The number of anilines is 2. The SMILES string of the molecule is Cc1ccccc1-c1ccccc1Nc1cccc(-c2cccc(-c3ccc4sc5cnccc5c4c3)c2)c1. The number of nitrogens with one attached hydrogen (secondary N) is 1. The van der Waals surface area contributed by atoms with Gasteiger partial charge in [-0.25, -0.2) is 0 Å². The van der Waals surface area contributed by atoms with Crippen LogP contribution in [0.15, 0.2) is 134 Å². The van der Waals surface area contributed by atoms with E-state index in [1.165, 1.54) is 59.1 Å². The number of thiophene rings is 1. The van der Waals surface area contributed by atoms with Gasteiger partial charge >= 0.3 is 0 Å². The summed E-state index contributed by atoms with van der Waals surface area (Å²) in [5.41, 5.74) is 10.7. The van der Waals surface area contributed by atoms with Gasteiger partial charge in [0.1, 0.15) is 0 Å². The smallest absolute Gasteiger partial charge is 0.0538 e. The highest BCUT2D eigenvalue weighted by Gasteiger charge is 2.10. The van der Waals surface area contributed by atoms with Crippen LogP contribution >= 0.6 is 11.3 Å². The van der Waals surface area contributed by atoms with Crippen LogP contribution in [0.25, 0.3) is 53.6 Å². The van der Waals surface area contributed by atoms with Crippen LogP contribution in [-0.2, 0) is 0 Å². The number of benzene rings is 5. The van der Waals surface area contributed by atoms with Crippen molar-refractivity contribution >= 4 is 42.9 Å². The van der Waals surface area contributed by atoms with Crippen molar-refractivity contribution in [2.75, 3.05) is 5.32 Å². The second kappa shape index (κ2) is 9.86. The molecule has 2 heterocycles. The van der Waals surface area contributed by atoms with Crippen LogP contribution in [0.4, 0.5) is 11.4 Å². The number of nitrogens with zero attached hydrogens (tertiary/aromatic N) is 1. The maximum atomic E-state index is 4.30. The number of fused-ring (bicyclic) bond motifs is 3. The van der Waals surface area contributed by atoms with Crippen LogP contribution in [0.2, 0.25) is 0 Å². The van der Waals surface area contributed by atoms with Gasteiger partial charge in [0.15, 0.2) is 0 Å². The normalized spacial score (nSPS) is 11.2. The zero-order valence-electron chi connectivity index (χ0n) is 21.6. The van der Waals surface area contributed by atoms with E-state index in [1.807, 2.05) is 12.4 Å². The number of pyridine rings is 1. The van der Waals surface area contributed by atoms with Gasteiger partial charge in [0.25, 0.3) is 0 Å². The molecule has 0 saturated heterocycles. The molecule has 2 nitrogen and oxygen atoms in total. The second-order valence-electron chi connectivity index (χ2n) is 9.83. The molecule has 0 amide bonds. The summed E-state index contributed by atoms with van der Waals surface area (Å²) in [5, 5.41) is 6.25. The van der Waals surface area contributed by atoms with E-state index in [2.05, 4.69) is 139 Å². The summed E-state index contributed by atoms with van der Waals surface area (Å²) in [6, 6.07) is 43.4. The third-order valence-corrected chi connectivity index (χ3v) is 8.43. The molecule has 7 aromatic rings. The summed E-state index contributed by atoms with van der Waals surface area (Å²) in [6.07, 6.45) is 3.84. The molecule has 0 aliphatic rings. The molecule has 7 rings (SSSR count). The van der Waals surface area contributed by atoms with Gasteiger partial charge in [-0.05, 0) is 82.8 Å². The molecule has 0 aliphatic heterocycles. The van der Waals surface area contributed by atoms with Crippen LogP contribution in [0, 0.1) is 6.92 Å². The maximum Gasteiger partial charge on any atom is 0.0538 e. The number of aromatic nitrogens is 1. The lowest BCUT2D eigenvalue weighted by molar-refractivity contribution is 1.37. The lowest BCUT2D eigenvalue weighted by Crippen LogP contribution is -1.94. The predicted molar refractivity (Wildman–Crippen MR) is 168 cm³/mol. The number of hydrogen-bond donors (Lipinski definition) is 1. The monoisotopic (exact) mass is 518 g/mol. The van der Waals surface area contributed by atoms with Gasteiger partial charge in [-0.2, -0.15) is 0 Å². The van der Waals surface area contributed by atoms with Crippen molar-refractivity contribution in [1.29, 1.82) is 0 Å². The molecule has 186 valence electrons. The Hall–Kier alpha value is -4.73. The Morgan fingerprint density at radius 2 is 1.28 bits per heavy atom. The number of rotatable bonds is 5. The zero-order valence-corrected chi connectivity index (χ0v) is 22.4. The fourth-order valence-corrected chi connectivity index (χ4v) is 6.38. The number of para-hydroxylation sites is 1. The summed E-state index contributed by atoms with van der Waals surface area (Å²) in [6.45, 7) is 2.16. The van der Waals surface area contributed by atoms with Gasteiger partial charge in [0.05, 0.1) is 4.70 Å². The minimum Gasteiger partial charge on any atom is -0.355 e. The van der Waals surface area contributed by atoms with Gasteiger partial charge in [-0.1, -0.05) is 78.9 Å². The van der Waals surface area contributed by atoms with Gasteiger partial charge < -0.3 is 5.32 Å². The van der Waals surface area contributed by atoms with Crippen LogP contribution < -0.4 is 5.32 Å². The van der Waals surface area contributed by atoms with E-state index in [9.17, 15) is 0 Å². The topological polar surface area (TPSA) is 24.9 Å². The highest BCUT2D eigenvalue weighted by atomic mass is 32.1. The molecule has 0 bridgehead atoms. The Balaban J connectivity index is 1.22. The molecule has 3 heteroatoms. The van der Waals surface area contributed by atoms with Crippen molar-refractivity contribution in [2.45, 2.75) is 6.92 Å². The van der Waals surface area contributed by atoms with E-state index < -0.39 is 0 Å². The Bertz CT molecular complexity index is 1970. The van der Waals surface area contributed by atoms with E-state index in [0.29, 0.717) is 0 Å². The zero-order chi connectivity index (χ0) is 26.2. The molecule has 0 unspecified atom stereocenters. The van der Waals surface area contributed by atoms with E-state index in [1.54, 1.807) is 11.3 Å². The Labute approximate surface area is 232 Å². The number of aryl methyl sites for hydroxylation is 1. The van der Waals surface area contributed by atoms with Crippen LogP contribution in [0.3, 0.4) is 0 Å². The van der Waals surface area contributed by atoms with Crippen molar-refractivity contribution in [2.24, 2.45) is 0 Å². The highest BCUT2D eigenvalue weighted by molar-refractivity contribution is 7.25. The average Bonchev–Trinajstić information content (AvgIpc) is 3.36. The fraction of sp³-hybridized carbons (Fsp3) is 0.0278.